The molecule has 0 fully saturated rings. The zero-order valence-corrected chi connectivity index (χ0v) is 9.57. The molecule has 18 heavy (non-hydrogen) atoms. The number of benzene rings is 1. The van der Waals surface area contributed by atoms with Crippen molar-refractivity contribution in [2.24, 2.45) is 5.10 Å². The number of Topliss-reactive ketones (excluding diaryl/α,β-unsaturated/α-hetero) is 1. The third kappa shape index (κ3) is 1.75. The van der Waals surface area contributed by atoms with Crippen molar-refractivity contribution in [3.63, 3.8) is 0 Å². The Labute approximate surface area is 102 Å². The summed E-state index contributed by atoms with van der Waals surface area (Å²) >= 11 is 0. The average molecular weight is 249 g/mol. The minimum Gasteiger partial charge on any atom is -0.294 e. The van der Waals surface area contributed by atoms with Crippen LogP contribution in [-0.2, 0) is 13.0 Å². The number of hydrazone groups is 1. The second-order valence-electron chi connectivity index (χ2n) is 4.43. The van der Waals surface area contributed by atoms with E-state index in [1.807, 2.05) is 0 Å². The Morgan fingerprint density at radius 3 is 2.94 bits per heavy atom. The van der Waals surface area contributed by atoms with Crippen molar-refractivity contribution in [1.29, 1.82) is 0 Å². The van der Waals surface area contributed by atoms with Crippen molar-refractivity contribution >= 4 is 18.2 Å². The highest BCUT2D eigenvalue weighted by Crippen LogP contribution is 2.28. The number of halogens is 2. The Morgan fingerprint density at radius 1 is 1.39 bits per heavy atom. The van der Waals surface area contributed by atoms with Crippen LogP contribution in [0.15, 0.2) is 17.2 Å². The minimum atomic E-state index is -1.22. The Bertz CT molecular complexity index is 593. The maximum Gasteiger partial charge on any atom is 0.220 e. The summed E-state index contributed by atoms with van der Waals surface area (Å²) in [5.41, 5.74) is 1.78. The molecule has 0 saturated heterocycles. The van der Waals surface area contributed by atoms with E-state index in [9.17, 15) is 13.6 Å². The predicted molar refractivity (Wildman–Crippen MR) is 62.5 cm³/mol. The quantitative estimate of drug-likeness (QED) is 0.736. The van der Waals surface area contributed by atoms with Gasteiger partial charge in [-0.3, -0.25) is 4.79 Å². The van der Waals surface area contributed by atoms with Gasteiger partial charge in [-0.2, -0.15) is 0 Å². The molecule has 0 bridgehead atoms. The third-order valence-corrected chi connectivity index (χ3v) is 3.27. The largest absolute Gasteiger partial charge is 0.294 e. The number of ketones is 1. The zero-order valence-electron chi connectivity index (χ0n) is 9.57. The van der Waals surface area contributed by atoms with Gasteiger partial charge in [-0.15, -0.1) is 0 Å². The molecule has 0 amide bonds. The molecule has 1 aliphatic heterocycles. The van der Waals surface area contributed by atoms with Gasteiger partial charge in [0.25, 0.3) is 0 Å². The van der Waals surface area contributed by atoms with Crippen LogP contribution in [0.25, 0.3) is 0 Å². The number of hydrogen-bond donors (Lipinski definition) is 0. The summed E-state index contributed by atoms with van der Waals surface area (Å²) in [6.45, 7) is 0.166. The zero-order chi connectivity index (χ0) is 12.7. The first-order valence-electron chi connectivity index (χ1n) is 5.78. The molecule has 0 aromatic heterocycles. The second kappa shape index (κ2) is 4.08. The van der Waals surface area contributed by atoms with Gasteiger partial charge in [-0.1, -0.05) is 4.68 Å². The maximum atomic E-state index is 13.8. The lowest BCUT2D eigenvalue weighted by atomic mass is 10.0. The van der Waals surface area contributed by atoms with Gasteiger partial charge in [0, 0.05) is 12.0 Å². The molecule has 3 nitrogen and oxygen atoms in total. The fourth-order valence-electron chi connectivity index (χ4n) is 2.40. The van der Waals surface area contributed by atoms with Gasteiger partial charge < -0.3 is 0 Å². The normalized spacial score (nSPS) is 21.3. The second-order valence-corrected chi connectivity index (χ2v) is 4.43. The van der Waals surface area contributed by atoms with E-state index in [1.165, 1.54) is 23.0 Å². The molecule has 0 saturated carbocycles. The lowest BCUT2D eigenvalue weighted by Crippen LogP contribution is -2.10. The molecule has 1 atom stereocenters. The predicted octanol–water partition coefficient (Wildman–Crippen LogP) is 1.88. The highest BCUT2D eigenvalue weighted by Gasteiger charge is 2.27. The summed E-state index contributed by atoms with van der Waals surface area (Å²) in [5.74, 6) is -0.321. The standard InChI is InChI=1S/C13H11F2N2O/c14-8-5-16-17(6-8)7-11-9-2-4-13(18)10(9)1-3-12(11)15/h1,3,5-6,8H,2,4,7H2/q+1. The fourth-order valence-corrected chi connectivity index (χ4v) is 2.40. The van der Waals surface area contributed by atoms with Gasteiger partial charge in [0.05, 0.1) is 5.56 Å². The van der Waals surface area contributed by atoms with Gasteiger partial charge in [-0.25, -0.2) is 8.78 Å². The van der Waals surface area contributed by atoms with E-state index >= 15 is 0 Å². The molecule has 3 rings (SSSR count). The number of carbonyl (C=O) groups is 1. The number of hydrogen-bond acceptors (Lipinski definition) is 2. The molecule has 0 radical (unpaired) electrons. The number of nitrogens with zero attached hydrogens (tertiary/aromatic N) is 2. The van der Waals surface area contributed by atoms with Gasteiger partial charge in [0.15, 0.2) is 5.78 Å². The smallest absolute Gasteiger partial charge is 0.220 e. The van der Waals surface area contributed by atoms with Crippen LogP contribution in [-0.4, -0.2) is 29.1 Å². The number of fused-ring (bicyclic) bond motifs is 1. The highest BCUT2D eigenvalue weighted by molar-refractivity contribution is 6.00. The van der Waals surface area contributed by atoms with Gasteiger partial charge in [-0.05, 0) is 29.2 Å². The molecule has 1 aromatic rings. The third-order valence-electron chi connectivity index (χ3n) is 3.27. The van der Waals surface area contributed by atoms with Crippen LogP contribution in [0.3, 0.4) is 0 Å². The van der Waals surface area contributed by atoms with Crippen molar-refractivity contribution < 1.29 is 18.3 Å². The van der Waals surface area contributed by atoms with Gasteiger partial charge in [0.2, 0.25) is 18.9 Å². The minimum absolute atomic E-state index is 0.0449. The van der Waals surface area contributed by atoms with E-state index < -0.39 is 6.17 Å². The first-order valence-corrected chi connectivity index (χ1v) is 5.78. The Morgan fingerprint density at radius 2 is 2.22 bits per heavy atom. The number of alkyl halides is 1. The average Bonchev–Trinajstić information content (AvgIpc) is 2.90. The highest BCUT2D eigenvalue weighted by atomic mass is 19.1. The van der Waals surface area contributed by atoms with Crippen molar-refractivity contribution in [2.45, 2.75) is 25.6 Å². The molecule has 1 unspecified atom stereocenters. The number of carbonyl (C=O) groups excluding carboxylic acids is 1. The van der Waals surface area contributed by atoms with Crippen molar-refractivity contribution in [2.75, 3.05) is 0 Å². The van der Waals surface area contributed by atoms with Crippen LogP contribution in [0.4, 0.5) is 8.78 Å². The van der Waals surface area contributed by atoms with E-state index in [2.05, 4.69) is 5.10 Å². The first-order chi connectivity index (χ1) is 8.65. The van der Waals surface area contributed by atoms with E-state index in [4.69, 9.17) is 0 Å². The number of rotatable bonds is 2. The molecule has 92 valence electrons. The van der Waals surface area contributed by atoms with Crippen molar-refractivity contribution in [3.8, 4) is 0 Å². The summed E-state index contributed by atoms with van der Waals surface area (Å²) in [4.78, 5) is 11.6. The van der Waals surface area contributed by atoms with Crippen LogP contribution in [0.2, 0.25) is 0 Å². The van der Waals surface area contributed by atoms with E-state index in [0.717, 1.165) is 11.8 Å². The summed E-state index contributed by atoms with van der Waals surface area (Å²) < 4.78 is 28.1. The van der Waals surface area contributed by atoms with E-state index in [-0.39, 0.29) is 18.1 Å². The first kappa shape index (κ1) is 11.2. The Balaban J connectivity index is 2.00. The summed E-state index contributed by atoms with van der Waals surface area (Å²) in [6.07, 6.45) is 2.20. The van der Waals surface area contributed by atoms with E-state index in [0.29, 0.717) is 24.0 Å². The SMILES string of the molecule is O=C1CCc2c1ccc(F)c2C[N+]1=CC(F)C=N1. The lowest BCUT2D eigenvalue weighted by molar-refractivity contribution is -0.542. The molecule has 1 heterocycles. The van der Waals surface area contributed by atoms with Crippen molar-refractivity contribution in [3.05, 3.63) is 34.6 Å². The summed E-state index contributed by atoms with van der Waals surface area (Å²) in [7, 11) is 0. The fraction of sp³-hybridized carbons (Fsp3) is 0.308. The molecule has 0 spiro atoms. The molecule has 1 aromatic carbocycles. The maximum absolute atomic E-state index is 13.8. The van der Waals surface area contributed by atoms with Crippen LogP contribution in [0.5, 0.6) is 0 Å². The monoisotopic (exact) mass is 249 g/mol. The molecular formula is C13H11F2N2O+. The van der Waals surface area contributed by atoms with Crippen LogP contribution >= 0.6 is 0 Å². The topological polar surface area (TPSA) is 32.4 Å². The summed E-state index contributed by atoms with van der Waals surface area (Å²) in [6, 6.07) is 2.82. The Kier molecular flexibility index (Phi) is 2.54. The van der Waals surface area contributed by atoms with Crippen molar-refractivity contribution in [1.82, 2.24) is 0 Å². The molecule has 5 heteroatoms. The molecule has 1 aliphatic carbocycles. The summed E-state index contributed by atoms with van der Waals surface area (Å²) in [5, 5.41) is 3.82. The van der Waals surface area contributed by atoms with Crippen LogP contribution in [0.1, 0.15) is 27.9 Å². The van der Waals surface area contributed by atoms with Crippen LogP contribution in [0, 0.1) is 5.82 Å². The van der Waals surface area contributed by atoms with E-state index in [1.54, 1.807) is 0 Å². The molecular weight excluding hydrogens is 238 g/mol. The Hall–Kier alpha value is -1.91. The van der Waals surface area contributed by atoms with Crippen LogP contribution < -0.4 is 0 Å². The molecule has 2 aliphatic rings. The lowest BCUT2D eigenvalue weighted by Gasteiger charge is -2.05. The molecule has 0 N–H and O–H groups in total. The van der Waals surface area contributed by atoms with Gasteiger partial charge in [0.1, 0.15) is 12.0 Å². The van der Waals surface area contributed by atoms with Gasteiger partial charge >= 0.3 is 0 Å².